The molecule has 0 saturated carbocycles. The third kappa shape index (κ3) is 3.11. The van der Waals surface area contributed by atoms with E-state index in [1.807, 2.05) is 12.1 Å². The lowest BCUT2D eigenvalue weighted by atomic mass is 10.1. The molecule has 6 heteroatoms. The highest BCUT2D eigenvalue weighted by Gasteiger charge is 2.18. The summed E-state index contributed by atoms with van der Waals surface area (Å²) in [5.41, 5.74) is 1.32. The van der Waals surface area contributed by atoms with Gasteiger partial charge >= 0.3 is 0 Å². The average molecular weight is 289 g/mol. The van der Waals surface area contributed by atoms with Crippen molar-refractivity contribution in [2.45, 2.75) is 26.3 Å². The summed E-state index contributed by atoms with van der Waals surface area (Å²) in [7, 11) is 0. The van der Waals surface area contributed by atoms with Crippen LogP contribution in [0.2, 0.25) is 0 Å². The number of nitro benzene ring substituents is 1. The number of aliphatic hydroxyl groups excluding tert-OH is 1. The first kappa shape index (κ1) is 15.2. The molecule has 1 heterocycles. The summed E-state index contributed by atoms with van der Waals surface area (Å²) in [6, 6.07) is 7.08. The number of para-hydroxylation sites is 1. The number of fused-ring (bicyclic) bond motifs is 1. The van der Waals surface area contributed by atoms with Gasteiger partial charge in [-0.3, -0.25) is 10.1 Å². The predicted octanol–water partition coefficient (Wildman–Crippen LogP) is 2.74. The summed E-state index contributed by atoms with van der Waals surface area (Å²) in [6.45, 7) is 4.92. The van der Waals surface area contributed by atoms with E-state index >= 15 is 0 Å². The highest BCUT2D eigenvalue weighted by Crippen LogP contribution is 2.31. The number of nitrogens with zero attached hydrogens (tertiary/aromatic N) is 3. The molecule has 0 aliphatic carbocycles. The van der Waals surface area contributed by atoms with E-state index in [0.717, 1.165) is 11.1 Å². The minimum Gasteiger partial charge on any atom is -0.396 e. The second-order valence-electron chi connectivity index (χ2n) is 5.12. The topological polar surface area (TPSA) is 79.5 Å². The lowest BCUT2D eigenvalue weighted by Gasteiger charge is -2.29. The fourth-order valence-corrected chi connectivity index (χ4v) is 2.44. The number of aliphatic hydroxyl groups is 1. The number of hydrogen-bond acceptors (Lipinski definition) is 5. The van der Waals surface area contributed by atoms with Crippen molar-refractivity contribution in [1.82, 2.24) is 4.98 Å². The molecule has 0 aliphatic heterocycles. The Morgan fingerprint density at radius 2 is 2.14 bits per heavy atom. The van der Waals surface area contributed by atoms with Crippen LogP contribution in [0.1, 0.15) is 20.3 Å². The molecule has 0 bridgehead atoms. The Bertz CT molecular complexity index is 643. The molecule has 2 rings (SSSR count). The molecular weight excluding hydrogens is 270 g/mol. The maximum atomic E-state index is 11.1. The summed E-state index contributed by atoms with van der Waals surface area (Å²) in [5, 5.41) is 20.9. The first-order chi connectivity index (χ1) is 10.1. The van der Waals surface area contributed by atoms with Gasteiger partial charge in [0.25, 0.3) is 5.69 Å². The van der Waals surface area contributed by atoms with Crippen molar-refractivity contribution in [2.24, 2.45) is 0 Å². The normalized spacial score (nSPS) is 11.0. The van der Waals surface area contributed by atoms with Crippen LogP contribution in [0.15, 0.2) is 30.5 Å². The fourth-order valence-electron chi connectivity index (χ4n) is 2.44. The number of hydrogen-bond donors (Lipinski definition) is 1. The molecule has 2 aromatic rings. The van der Waals surface area contributed by atoms with Gasteiger partial charge < -0.3 is 10.0 Å². The van der Waals surface area contributed by atoms with Gasteiger partial charge in [-0.1, -0.05) is 12.1 Å². The smallest absolute Gasteiger partial charge is 0.295 e. The standard InChI is InChI=1S/C15H19N3O3/c1-11(2)17(9-4-10-19)13-7-8-16-15-12(13)5-3-6-14(15)18(20)21/h3,5-8,11,19H,4,9-10H2,1-2H3. The summed E-state index contributed by atoms with van der Waals surface area (Å²) < 4.78 is 0. The number of benzene rings is 1. The lowest BCUT2D eigenvalue weighted by Crippen LogP contribution is -2.32. The second kappa shape index (κ2) is 6.49. The maximum Gasteiger partial charge on any atom is 0.295 e. The van der Waals surface area contributed by atoms with Crippen molar-refractivity contribution >= 4 is 22.3 Å². The van der Waals surface area contributed by atoms with Crippen LogP contribution in [0.25, 0.3) is 10.9 Å². The van der Waals surface area contributed by atoms with Gasteiger partial charge in [-0.15, -0.1) is 0 Å². The minimum atomic E-state index is -0.410. The van der Waals surface area contributed by atoms with Crippen LogP contribution in [0.4, 0.5) is 11.4 Å². The van der Waals surface area contributed by atoms with Gasteiger partial charge in [0.05, 0.1) is 4.92 Å². The maximum absolute atomic E-state index is 11.1. The number of rotatable bonds is 6. The Kier molecular flexibility index (Phi) is 4.70. The molecule has 0 unspecified atom stereocenters. The average Bonchev–Trinajstić information content (AvgIpc) is 2.46. The van der Waals surface area contributed by atoms with Crippen molar-refractivity contribution in [2.75, 3.05) is 18.1 Å². The van der Waals surface area contributed by atoms with Crippen LogP contribution < -0.4 is 4.90 Å². The number of non-ortho nitro benzene ring substituents is 1. The van der Waals surface area contributed by atoms with Gasteiger partial charge in [0.2, 0.25) is 0 Å². The van der Waals surface area contributed by atoms with Crippen LogP contribution in [0.5, 0.6) is 0 Å². The zero-order valence-electron chi connectivity index (χ0n) is 12.2. The molecule has 0 spiro atoms. The molecule has 0 saturated heterocycles. The molecule has 0 radical (unpaired) electrons. The Morgan fingerprint density at radius 1 is 1.38 bits per heavy atom. The second-order valence-corrected chi connectivity index (χ2v) is 5.12. The largest absolute Gasteiger partial charge is 0.396 e. The summed E-state index contributed by atoms with van der Waals surface area (Å²) in [5.74, 6) is 0. The monoisotopic (exact) mass is 289 g/mol. The van der Waals surface area contributed by atoms with E-state index in [2.05, 4.69) is 23.7 Å². The molecule has 0 aliphatic rings. The van der Waals surface area contributed by atoms with Crippen LogP contribution in [-0.2, 0) is 0 Å². The molecule has 0 amide bonds. The van der Waals surface area contributed by atoms with Gasteiger partial charge in [-0.25, -0.2) is 4.98 Å². The predicted molar refractivity (Wildman–Crippen MR) is 82.6 cm³/mol. The quantitative estimate of drug-likeness (QED) is 0.653. The third-order valence-corrected chi connectivity index (χ3v) is 3.41. The highest BCUT2D eigenvalue weighted by atomic mass is 16.6. The van der Waals surface area contributed by atoms with Gasteiger partial charge in [-0.05, 0) is 26.3 Å². The summed E-state index contributed by atoms with van der Waals surface area (Å²) >= 11 is 0. The molecule has 0 atom stereocenters. The Hall–Kier alpha value is -2.21. The Balaban J connectivity index is 2.58. The zero-order chi connectivity index (χ0) is 15.4. The minimum absolute atomic E-state index is 0.0141. The van der Waals surface area contributed by atoms with E-state index in [9.17, 15) is 10.1 Å². The van der Waals surface area contributed by atoms with E-state index in [1.54, 1.807) is 12.3 Å². The molecule has 112 valence electrons. The lowest BCUT2D eigenvalue weighted by molar-refractivity contribution is -0.383. The molecule has 21 heavy (non-hydrogen) atoms. The van der Waals surface area contributed by atoms with Crippen molar-refractivity contribution in [3.8, 4) is 0 Å². The van der Waals surface area contributed by atoms with Crippen molar-refractivity contribution in [1.29, 1.82) is 0 Å². The molecule has 1 aromatic carbocycles. The van der Waals surface area contributed by atoms with E-state index in [-0.39, 0.29) is 18.3 Å². The number of aromatic nitrogens is 1. The number of pyridine rings is 1. The number of anilines is 1. The van der Waals surface area contributed by atoms with Crippen LogP contribution in [-0.4, -0.2) is 34.2 Å². The van der Waals surface area contributed by atoms with Gasteiger partial charge in [0, 0.05) is 42.5 Å². The van der Waals surface area contributed by atoms with E-state index in [0.29, 0.717) is 18.5 Å². The zero-order valence-corrected chi connectivity index (χ0v) is 12.2. The van der Waals surface area contributed by atoms with Crippen LogP contribution >= 0.6 is 0 Å². The van der Waals surface area contributed by atoms with Gasteiger partial charge in [0.15, 0.2) is 0 Å². The Labute approximate surface area is 123 Å². The first-order valence-corrected chi connectivity index (χ1v) is 6.96. The van der Waals surface area contributed by atoms with Crippen LogP contribution in [0.3, 0.4) is 0 Å². The van der Waals surface area contributed by atoms with Crippen LogP contribution in [0, 0.1) is 10.1 Å². The first-order valence-electron chi connectivity index (χ1n) is 6.96. The Morgan fingerprint density at radius 3 is 2.76 bits per heavy atom. The molecule has 1 N–H and O–H groups in total. The van der Waals surface area contributed by atoms with Crippen molar-refractivity contribution in [3.05, 3.63) is 40.6 Å². The van der Waals surface area contributed by atoms with Crippen molar-refractivity contribution in [3.63, 3.8) is 0 Å². The summed E-state index contributed by atoms with van der Waals surface area (Å²) in [4.78, 5) is 17.0. The molecule has 6 nitrogen and oxygen atoms in total. The fraction of sp³-hybridized carbons (Fsp3) is 0.400. The molecular formula is C15H19N3O3. The van der Waals surface area contributed by atoms with Gasteiger partial charge in [-0.2, -0.15) is 0 Å². The molecule has 0 fully saturated rings. The van der Waals surface area contributed by atoms with E-state index < -0.39 is 4.92 Å². The van der Waals surface area contributed by atoms with E-state index in [4.69, 9.17) is 5.11 Å². The van der Waals surface area contributed by atoms with Gasteiger partial charge in [0.1, 0.15) is 5.52 Å². The molecule has 1 aromatic heterocycles. The van der Waals surface area contributed by atoms with Crippen molar-refractivity contribution < 1.29 is 10.0 Å². The highest BCUT2D eigenvalue weighted by molar-refractivity contribution is 5.96. The third-order valence-electron chi connectivity index (χ3n) is 3.41. The SMILES string of the molecule is CC(C)N(CCCO)c1ccnc2c([N+](=O)[O-])cccc12. The summed E-state index contributed by atoms with van der Waals surface area (Å²) in [6.07, 6.45) is 2.25. The number of nitro groups is 1. The van der Waals surface area contributed by atoms with E-state index in [1.165, 1.54) is 6.07 Å².